The van der Waals surface area contributed by atoms with E-state index in [9.17, 15) is 5.11 Å². The summed E-state index contributed by atoms with van der Waals surface area (Å²) in [7, 11) is 0. The Morgan fingerprint density at radius 1 is 0.900 bits per heavy atom. The summed E-state index contributed by atoms with van der Waals surface area (Å²) in [4.78, 5) is 0. The molecule has 4 aliphatic rings. The SMILES string of the molecule is O[C@@H]1C2[C@@H]3[C@H]4C[C@H]([C@@H]1C4)[C@H]23. The maximum absolute atomic E-state index is 9.73. The van der Waals surface area contributed by atoms with E-state index in [1.807, 2.05) is 0 Å². The van der Waals surface area contributed by atoms with Gasteiger partial charge in [-0.05, 0) is 48.3 Å². The second kappa shape index (κ2) is 1.08. The molecular formula is C9H12O. The molecule has 1 N–H and O–H groups in total. The second-order valence-electron chi connectivity index (χ2n) is 4.78. The Bertz CT molecular complexity index is 192. The maximum Gasteiger partial charge on any atom is 0.0605 e. The molecule has 0 spiro atoms. The predicted molar refractivity (Wildman–Crippen MR) is 36.2 cm³/mol. The molecule has 2 bridgehead atoms. The van der Waals surface area contributed by atoms with Gasteiger partial charge in [0.05, 0.1) is 6.10 Å². The first kappa shape index (κ1) is 4.76. The van der Waals surface area contributed by atoms with Gasteiger partial charge in [0, 0.05) is 0 Å². The zero-order chi connectivity index (χ0) is 6.46. The summed E-state index contributed by atoms with van der Waals surface area (Å²) in [5.74, 6) is 5.61. The molecule has 0 amide bonds. The lowest BCUT2D eigenvalue weighted by molar-refractivity contribution is 0.0643. The van der Waals surface area contributed by atoms with Gasteiger partial charge in [-0.1, -0.05) is 0 Å². The quantitative estimate of drug-likeness (QED) is 0.524. The Kier molecular flexibility index (Phi) is 0.513. The van der Waals surface area contributed by atoms with Crippen LogP contribution in [0.1, 0.15) is 12.8 Å². The number of hydrogen-bond donors (Lipinski definition) is 1. The van der Waals surface area contributed by atoms with E-state index >= 15 is 0 Å². The van der Waals surface area contributed by atoms with Gasteiger partial charge in [0.2, 0.25) is 0 Å². The normalized spacial score (nSPS) is 80.7. The Labute approximate surface area is 60.4 Å². The van der Waals surface area contributed by atoms with Gasteiger partial charge < -0.3 is 5.11 Å². The van der Waals surface area contributed by atoms with Crippen molar-refractivity contribution >= 4 is 0 Å². The molecule has 0 aromatic carbocycles. The van der Waals surface area contributed by atoms with E-state index < -0.39 is 0 Å². The molecule has 4 aliphatic carbocycles. The van der Waals surface area contributed by atoms with Crippen LogP contribution < -0.4 is 0 Å². The molecule has 54 valence electrons. The number of fused-ring (bicyclic) bond motifs is 3. The van der Waals surface area contributed by atoms with Crippen LogP contribution in [0.2, 0.25) is 0 Å². The summed E-state index contributed by atoms with van der Waals surface area (Å²) in [5.41, 5.74) is 0. The Hall–Kier alpha value is -0.0400. The van der Waals surface area contributed by atoms with Gasteiger partial charge in [0.15, 0.2) is 0 Å². The van der Waals surface area contributed by atoms with Crippen molar-refractivity contribution in [3.63, 3.8) is 0 Å². The van der Waals surface area contributed by atoms with Gasteiger partial charge in [-0.25, -0.2) is 0 Å². The zero-order valence-electron chi connectivity index (χ0n) is 5.90. The highest BCUT2D eigenvalue weighted by Crippen LogP contribution is 2.78. The fourth-order valence-electron chi connectivity index (χ4n) is 4.62. The summed E-state index contributed by atoms with van der Waals surface area (Å²) < 4.78 is 0. The molecule has 4 rings (SSSR count). The van der Waals surface area contributed by atoms with Crippen LogP contribution in [0.4, 0.5) is 0 Å². The summed E-state index contributed by atoms with van der Waals surface area (Å²) in [6.07, 6.45) is 3.00. The fourth-order valence-corrected chi connectivity index (χ4v) is 4.62. The van der Waals surface area contributed by atoms with Crippen molar-refractivity contribution in [1.82, 2.24) is 0 Å². The van der Waals surface area contributed by atoms with Crippen molar-refractivity contribution < 1.29 is 5.11 Å². The third kappa shape index (κ3) is 0.268. The van der Waals surface area contributed by atoms with Crippen LogP contribution >= 0.6 is 0 Å². The topological polar surface area (TPSA) is 20.2 Å². The Morgan fingerprint density at radius 2 is 1.70 bits per heavy atom. The molecule has 1 heteroatoms. The minimum Gasteiger partial charge on any atom is -0.393 e. The molecular weight excluding hydrogens is 124 g/mol. The standard InChI is InChI=1S/C9H12O/c10-9-5-2-3-1-4(5)7-6(3)8(7)9/h3-10H,1-2H2/t3-,4+,5-,6+,7-,8?,9-/m0/s1. The first-order valence-electron chi connectivity index (χ1n) is 4.56. The van der Waals surface area contributed by atoms with Gasteiger partial charge >= 0.3 is 0 Å². The third-order valence-electron chi connectivity index (χ3n) is 4.76. The van der Waals surface area contributed by atoms with E-state index in [0.717, 1.165) is 35.5 Å². The lowest BCUT2D eigenvalue weighted by Gasteiger charge is -2.25. The third-order valence-corrected chi connectivity index (χ3v) is 4.76. The molecule has 0 aromatic heterocycles. The number of rotatable bonds is 0. The average molecular weight is 136 g/mol. The average Bonchev–Trinajstić information content (AvgIpc) is 2.35. The van der Waals surface area contributed by atoms with E-state index in [1.54, 1.807) is 0 Å². The van der Waals surface area contributed by atoms with Crippen LogP contribution in [0.5, 0.6) is 0 Å². The van der Waals surface area contributed by atoms with Gasteiger partial charge in [-0.3, -0.25) is 0 Å². The number of hydrogen-bond acceptors (Lipinski definition) is 1. The minimum absolute atomic E-state index is 0.138. The minimum atomic E-state index is 0.138. The Morgan fingerprint density at radius 3 is 2.20 bits per heavy atom. The largest absolute Gasteiger partial charge is 0.393 e. The van der Waals surface area contributed by atoms with Crippen LogP contribution in [0.25, 0.3) is 0 Å². The van der Waals surface area contributed by atoms with Crippen molar-refractivity contribution in [2.45, 2.75) is 18.9 Å². The highest BCUT2D eigenvalue weighted by molar-refractivity contribution is 5.24. The van der Waals surface area contributed by atoms with Crippen LogP contribution in [-0.4, -0.2) is 11.2 Å². The van der Waals surface area contributed by atoms with Crippen molar-refractivity contribution in [3.05, 3.63) is 0 Å². The molecule has 0 aromatic rings. The lowest BCUT2D eigenvalue weighted by atomic mass is 9.84. The first-order chi connectivity index (χ1) is 4.88. The fraction of sp³-hybridized carbons (Fsp3) is 1.00. The highest BCUT2D eigenvalue weighted by atomic mass is 16.3. The van der Waals surface area contributed by atoms with E-state index in [-0.39, 0.29) is 6.10 Å². The van der Waals surface area contributed by atoms with Gasteiger partial charge in [0.25, 0.3) is 0 Å². The summed E-state index contributed by atoms with van der Waals surface area (Å²) in [5, 5.41) is 9.73. The number of aliphatic hydroxyl groups excluding tert-OH is 1. The highest BCUT2D eigenvalue weighted by Gasteiger charge is 2.76. The molecule has 10 heavy (non-hydrogen) atoms. The van der Waals surface area contributed by atoms with E-state index in [0.29, 0.717) is 0 Å². The van der Waals surface area contributed by atoms with Crippen molar-refractivity contribution in [2.75, 3.05) is 0 Å². The second-order valence-corrected chi connectivity index (χ2v) is 4.78. The molecule has 0 radical (unpaired) electrons. The van der Waals surface area contributed by atoms with Crippen LogP contribution in [0.3, 0.4) is 0 Å². The van der Waals surface area contributed by atoms with Crippen molar-refractivity contribution in [3.8, 4) is 0 Å². The first-order valence-corrected chi connectivity index (χ1v) is 4.56. The summed E-state index contributed by atoms with van der Waals surface area (Å²) in [6, 6.07) is 0. The molecule has 0 heterocycles. The van der Waals surface area contributed by atoms with Gasteiger partial charge in [0.1, 0.15) is 0 Å². The molecule has 0 aliphatic heterocycles. The molecule has 4 fully saturated rings. The van der Waals surface area contributed by atoms with Crippen molar-refractivity contribution in [2.24, 2.45) is 35.5 Å². The van der Waals surface area contributed by atoms with E-state index in [4.69, 9.17) is 0 Å². The molecule has 1 nitrogen and oxygen atoms in total. The van der Waals surface area contributed by atoms with Crippen LogP contribution in [0.15, 0.2) is 0 Å². The number of aliphatic hydroxyl groups is 1. The molecule has 4 saturated carbocycles. The van der Waals surface area contributed by atoms with Crippen LogP contribution in [-0.2, 0) is 0 Å². The van der Waals surface area contributed by atoms with E-state index in [2.05, 4.69) is 0 Å². The van der Waals surface area contributed by atoms with Crippen LogP contribution in [0, 0.1) is 35.5 Å². The zero-order valence-corrected chi connectivity index (χ0v) is 5.90. The molecule has 0 saturated heterocycles. The predicted octanol–water partition coefficient (Wildman–Crippen LogP) is 0.879. The smallest absolute Gasteiger partial charge is 0.0605 e. The van der Waals surface area contributed by atoms with Gasteiger partial charge in [-0.2, -0.15) is 0 Å². The molecule has 7 atom stereocenters. The van der Waals surface area contributed by atoms with Gasteiger partial charge in [-0.15, -0.1) is 0 Å². The summed E-state index contributed by atoms with van der Waals surface area (Å²) >= 11 is 0. The molecule has 1 unspecified atom stereocenters. The monoisotopic (exact) mass is 136 g/mol. The lowest BCUT2D eigenvalue weighted by Crippen LogP contribution is -2.26. The van der Waals surface area contributed by atoms with E-state index in [1.165, 1.54) is 12.8 Å². The maximum atomic E-state index is 9.73. The summed E-state index contributed by atoms with van der Waals surface area (Å²) in [6.45, 7) is 0. The Balaban J connectivity index is 1.94. The van der Waals surface area contributed by atoms with Crippen molar-refractivity contribution in [1.29, 1.82) is 0 Å².